The van der Waals surface area contributed by atoms with E-state index in [4.69, 9.17) is 9.84 Å². The number of carbonyl (C=O) groups excluding carboxylic acids is 1. The molecule has 10 nitrogen and oxygen atoms in total. The molecule has 33 heavy (non-hydrogen) atoms. The summed E-state index contributed by atoms with van der Waals surface area (Å²) in [5, 5.41) is 20.6. The van der Waals surface area contributed by atoms with Crippen molar-refractivity contribution in [1.82, 2.24) is 9.88 Å². The van der Waals surface area contributed by atoms with Gasteiger partial charge in [0.25, 0.3) is 0 Å². The summed E-state index contributed by atoms with van der Waals surface area (Å²) in [6.45, 7) is 2.59. The maximum atomic E-state index is 12.7. The van der Waals surface area contributed by atoms with E-state index in [9.17, 15) is 19.7 Å². The molecule has 4 rings (SSSR count). The Morgan fingerprint density at radius 3 is 2.55 bits per heavy atom. The number of ether oxygens (including phenoxy) is 1. The van der Waals surface area contributed by atoms with Crippen molar-refractivity contribution >= 4 is 23.6 Å². The van der Waals surface area contributed by atoms with Crippen molar-refractivity contribution in [2.45, 2.75) is 32.3 Å². The van der Waals surface area contributed by atoms with Crippen LogP contribution >= 0.6 is 0 Å². The predicted molar refractivity (Wildman–Crippen MR) is 119 cm³/mol. The van der Waals surface area contributed by atoms with Crippen LogP contribution in [0.3, 0.4) is 0 Å². The average Bonchev–Trinajstić information content (AvgIpc) is 2.83. The number of nitrogens with zero attached hydrogens (tertiary/aromatic N) is 4. The predicted octanol–water partition coefficient (Wildman–Crippen LogP) is 3.71. The molecule has 174 valence electrons. The van der Waals surface area contributed by atoms with Gasteiger partial charge in [-0.1, -0.05) is 30.3 Å². The number of carboxylic acids is 1. The third kappa shape index (κ3) is 5.05. The van der Waals surface area contributed by atoms with E-state index in [2.05, 4.69) is 4.98 Å². The minimum absolute atomic E-state index is 0.0592. The summed E-state index contributed by atoms with van der Waals surface area (Å²) in [5.41, 5.74) is 0.362. The van der Waals surface area contributed by atoms with E-state index in [0.29, 0.717) is 26.2 Å². The Balaban J connectivity index is 1.39. The van der Waals surface area contributed by atoms with Crippen molar-refractivity contribution in [2.24, 2.45) is 5.41 Å². The number of carboxylic acid groups (broad SMARTS) is 1. The van der Waals surface area contributed by atoms with Crippen molar-refractivity contribution in [3.05, 3.63) is 63.8 Å². The third-order valence-electron chi connectivity index (χ3n) is 6.54. The molecule has 1 aromatic carbocycles. The van der Waals surface area contributed by atoms with E-state index in [-0.39, 0.29) is 35.2 Å². The van der Waals surface area contributed by atoms with E-state index < -0.39 is 10.9 Å². The van der Waals surface area contributed by atoms with Crippen LogP contribution in [0.1, 0.15) is 41.6 Å². The smallest absolute Gasteiger partial charge is 0.410 e. The third-order valence-corrected chi connectivity index (χ3v) is 6.54. The molecule has 2 aromatic rings. The number of amides is 1. The van der Waals surface area contributed by atoms with Gasteiger partial charge in [0.1, 0.15) is 6.61 Å². The minimum Gasteiger partial charge on any atom is -0.478 e. The molecule has 0 aliphatic carbocycles. The van der Waals surface area contributed by atoms with E-state index in [0.717, 1.165) is 43.5 Å². The van der Waals surface area contributed by atoms with Crippen molar-refractivity contribution in [3.8, 4) is 0 Å². The number of hydrogen-bond donors (Lipinski definition) is 1. The second-order valence-corrected chi connectivity index (χ2v) is 8.68. The Bertz CT molecular complexity index is 1040. The Morgan fingerprint density at radius 1 is 1.15 bits per heavy atom. The average molecular weight is 454 g/mol. The summed E-state index contributed by atoms with van der Waals surface area (Å²) >= 11 is 0. The van der Waals surface area contributed by atoms with Gasteiger partial charge >= 0.3 is 17.7 Å². The number of aromatic carboxylic acids is 1. The molecule has 1 spiro atoms. The molecule has 2 aliphatic rings. The number of benzene rings is 1. The largest absolute Gasteiger partial charge is 0.478 e. The number of hydrogen-bond acceptors (Lipinski definition) is 7. The fraction of sp³-hybridized carbons (Fsp3) is 0.435. The lowest BCUT2D eigenvalue weighted by Crippen LogP contribution is -2.51. The van der Waals surface area contributed by atoms with Crippen LogP contribution in [0.2, 0.25) is 0 Å². The highest BCUT2D eigenvalue weighted by Crippen LogP contribution is 2.42. The summed E-state index contributed by atoms with van der Waals surface area (Å²) in [5.74, 6) is -1.06. The molecular formula is C23H26N4O6. The van der Waals surface area contributed by atoms with Crippen LogP contribution in [-0.2, 0) is 11.3 Å². The van der Waals surface area contributed by atoms with E-state index >= 15 is 0 Å². The van der Waals surface area contributed by atoms with E-state index in [1.165, 1.54) is 0 Å². The monoisotopic (exact) mass is 454 g/mol. The van der Waals surface area contributed by atoms with Gasteiger partial charge < -0.3 is 19.6 Å². The highest BCUT2D eigenvalue weighted by molar-refractivity contribution is 5.88. The quantitative estimate of drug-likeness (QED) is 0.535. The Labute approximate surface area is 190 Å². The molecule has 2 aliphatic heterocycles. The number of pyridine rings is 1. The van der Waals surface area contributed by atoms with Gasteiger partial charge in [0.15, 0.2) is 0 Å². The lowest BCUT2D eigenvalue weighted by atomic mass is 9.72. The Kier molecular flexibility index (Phi) is 6.43. The zero-order chi connectivity index (χ0) is 23.4. The summed E-state index contributed by atoms with van der Waals surface area (Å²) < 4.78 is 5.51. The molecule has 3 heterocycles. The summed E-state index contributed by atoms with van der Waals surface area (Å²) in [4.78, 5) is 42.4. The number of nitro groups is 1. The van der Waals surface area contributed by atoms with E-state index in [1.54, 1.807) is 4.90 Å². The molecule has 0 radical (unpaired) electrons. The number of aromatic nitrogens is 1. The molecule has 0 bridgehead atoms. The number of rotatable bonds is 5. The van der Waals surface area contributed by atoms with Gasteiger partial charge in [0.05, 0.1) is 10.5 Å². The van der Waals surface area contributed by atoms with Crippen LogP contribution in [0.15, 0.2) is 42.6 Å². The lowest BCUT2D eigenvalue weighted by Gasteiger charge is -2.47. The van der Waals surface area contributed by atoms with Gasteiger partial charge in [-0.3, -0.25) is 10.1 Å². The van der Waals surface area contributed by atoms with Crippen LogP contribution in [0.4, 0.5) is 16.3 Å². The van der Waals surface area contributed by atoms with Gasteiger partial charge in [-0.2, -0.15) is 0 Å². The molecular weight excluding hydrogens is 428 g/mol. The van der Waals surface area contributed by atoms with Crippen LogP contribution in [0.25, 0.3) is 0 Å². The van der Waals surface area contributed by atoms with Crippen LogP contribution in [0.5, 0.6) is 0 Å². The van der Waals surface area contributed by atoms with Gasteiger partial charge in [0, 0.05) is 38.4 Å². The molecule has 0 atom stereocenters. The molecule has 2 saturated heterocycles. The molecule has 10 heteroatoms. The lowest BCUT2D eigenvalue weighted by molar-refractivity contribution is -0.384. The number of anilines is 1. The molecule has 0 unspecified atom stereocenters. The van der Waals surface area contributed by atoms with Gasteiger partial charge in [-0.05, 0) is 36.7 Å². The zero-order valence-corrected chi connectivity index (χ0v) is 18.2. The summed E-state index contributed by atoms with van der Waals surface area (Å²) in [6.07, 6.45) is 4.22. The van der Waals surface area contributed by atoms with Crippen LogP contribution in [0, 0.1) is 15.5 Å². The highest BCUT2D eigenvalue weighted by Gasteiger charge is 2.41. The number of carbonyl (C=O) groups is 2. The summed E-state index contributed by atoms with van der Waals surface area (Å²) in [6, 6.07) is 10.6. The maximum absolute atomic E-state index is 12.7. The maximum Gasteiger partial charge on any atom is 0.410 e. The van der Waals surface area contributed by atoms with Crippen LogP contribution in [-0.4, -0.2) is 58.2 Å². The van der Waals surface area contributed by atoms with Gasteiger partial charge in [-0.25, -0.2) is 14.6 Å². The van der Waals surface area contributed by atoms with Gasteiger partial charge in [-0.15, -0.1) is 0 Å². The normalized spacial score (nSPS) is 17.6. The minimum atomic E-state index is -1.25. The molecule has 0 saturated carbocycles. The van der Waals surface area contributed by atoms with Crippen molar-refractivity contribution in [2.75, 3.05) is 31.1 Å². The summed E-state index contributed by atoms with van der Waals surface area (Å²) in [7, 11) is 0. The van der Waals surface area contributed by atoms with Crippen LogP contribution < -0.4 is 4.90 Å². The standard InChI is InChI=1S/C23H26N4O6/c28-21(29)18-13-19(27(31)32)20(24-14-18)25-11-8-23(9-12-25)7-4-10-26(16-23)22(30)33-15-17-5-2-1-3-6-17/h1-3,5-6,13-14H,4,7-12,15-16H2,(H,28,29). The second-order valence-electron chi connectivity index (χ2n) is 8.68. The first-order valence-electron chi connectivity index (χ1n) is 11.0. The van der Waals surface area contributed by atoms with E-state index in [1.807, 2.05) is 35.2 Å². The SMILES string of the molecule is O=C(O)c1cnc(N2CCC3(CCCN(C(=O)OCc4ccccc4)C3)CC2)c([N+](=O)[O-])c1. The van der Waals surface area contributed by atoms with Crippen molar-refractivity contribution < 1.29 is 24.4 Å². The Morgan fingerprint density at radius 2 is 1.88 bits per heavy atom. The molecule has 2 fully saturated rings. The second kappa shape index (κ2) is 9.43. The highest BCUT2D eigenvalue weighted by atomic mass is 16.6. The fourth-order valence-corrected chi connectivity index (χ4v) is 4.72. The number of piperidine rings is 2. The fourth-order valence-electron chi connectivity index (χ4n) is 4.72. The topological polar surface area (TPSA) is 126 Å². The number of likely N-dealkylation sites (tertiary alicyclic amines) is 1. The Hall–Kier alpha value is -3.69. The molecule has 1 amide bonds. The first kappa shape index (κ1) is 22.5. The zero-order valence-electron chi connectivity index (χ0n) is 18.2. The van der Waals surface area contributed by atoms with Gasteiger partial charge in [0.2, 0.25) is 5.82 Å². The molecule has 1 aromatic heterocycles. The van der Waals surface area contributed by atoms with Crippen molar-refractivity contribution in [1.29, 1.82) is 0 Å². The van der Waals surface area contributed by atoms with Crippen molar-refractivity contribution in [3.63, 3.8) is 0 Å². The molecule has 1 N–H and O–H groups in total. The first-order valence-corrected chi connectivity index (χ1v) is 11.0. The first-order chi connectivity index (χ1) is 15.9.